The van der Waals surface area contributed by atoms with E-state index in [4.69, 9.17) is 18.9 Å². The summed E-state index contributed by atoms with van der Waals surface area (Å²) in [6.45, 7) is 1.64. The molecule has 3 aromatic heterocycles. The molecule has 5 aromatic rings. The highest BCUT2D eigenvalue weighted by Crippen LogP contribution is 2.41. The molecule has 0 aliphatic carbocycles. The van der Waals surface area contributed by atoms with Crippen LogP contribution in [-0.4, -0.2) is 49.8 Å². The zero-order chi connectivity index (χ0) is 29.1. The number of rotatable bonds is 6. The molecule has 0 bridgehead atoms. The van der Waals surface area contributed by atoms with E-state index in [2.05, 4.69) is 10.0 Å². The number of anilines is 1. The molecule has 0 saturated heterocycles. The molecular weight excluding hydrogens is 555 g/mol. The number of methoxy groups -OCH3 is 1. The number of furan rings is 1. The molecule has 2 aromatic carbocycles. The maximum absolute atomic E-state index is 14.6. The third-order valence-electron chi connectivity index (χ3n) is 6.92. The molecule has 1 aliphatic heterocycles. The first-order valence-electron chi connectivity index (χ1n) is 12.5. The van der Waals surface area contributed by atoms with Gasteiger partial charge in [-0.25, -0.2) is 22.6 Å². The molecule has 0 radical (unpaired) electrons. The van der Waals surface area contributed by atoms with Crippen molar-refractivity contribution in [1.82, 2.24) is 14.9 Å². The number of esters is 1. The van der Waals surface area contributed by atoms with Crippen LogP contribution in [0, 0.1) is 5.82 Å². The number of fused-ring (bicyclic) bond motifs is 6. The average molecular weight is 579 g/mol. The van der Waals surface area contributed by atoms with E-state index in [-0.39, 0.29) is 46.3 Å². The second-order valence-electron chi connectivity index (χ2n) is 9.22. The van der Waals surface area contributed by atoms with Crippen molar-refractivity contribution in [2.24, 2.45) is 0 Å². The van der Waals surface area contributed by atoms with Crippen LogP contribution in [-0.2, 0) is 21.5 Å². The molecule has 1 aliphatic rings. The monoisotopic (exact) mass is 578 g/mol. The summed E-state index contributed by atoms with van der Waals surface area (Å²) in [5, 5.41) is 3.14. The van der Waals surface area contributed by atoms with Crippen molar-refractivity contribution < 1.29 is 36.3 Å². The fourth-order valence-electron chi connectivity index (χ4n) is 4.88. The third kappa shape index (κ3) is 4.25. The minimum atomic E-state index is -3.77. The van der Waals surface area contributed by atoms with Crippen LogP contribution in [0.5, 0.6) is 5.75 Å². The molecule has 0 spiro atoms. The highest BCUT2D eigenvalue weighted by atomic mass is 32.2. The number of amides is 1. The van der Waals surface area contributed by atoms with Crippen LogP contribution in [0.1, 0.15) is 27.8 Å². The number of benzene rings is 2. The Hall–Kier alpha value is -4.91. The number of pyridine rings is 1. The Labute approximate surface area is 232 Å². The van der Waals surface area contributed by atoms with Gasteiger partial charge in [-0.05, 0) is 43.3 Å². The van der Waals surface area contributed by atoms with Crippen LogP contribution in [0.25, 0.3) is 44.5 Å². The van der Waals surface area contributed by atoms with Gasteiger partial charge in [-0.15, -0.1) is 0 Å². The van der Waals surface area contributed by atoms with Crippen molar-refractivity contribution in [1.29, 1.82) is 0 Å². The number of carbonyl (C=O) groups is 2. The molecular formula is C28H23FN4O7S. The van der Waals surface area contributed by atoms with Gasteiger partial charge in [-0.1, -0.05) is 6.07 Å². The molecule has 2 N–H and O–H groups in total. The van der Waals surface area contributed by atoms with Gasteiger partial charge in [0.15, 0.2) is 6.73 Å². The predicted octanol–water partition coefficient (Wildman–Crippen LogP) is 4.51. The molecule has 41 heavy (non-hydrogen) atoms. The van der Waals surface area contributed by atoms with E-state index in [0.29, 0.717) is 39.3 Å². The molecule has 0 unspecified atom stereocenters. The van der Waals surface area contributed by atoms with E-state index < -0.39 is 21.9 Å². The number of halogens is 1. The van der Waals surface area contributed by atoms with Crippen molar-refractivity contribution in [2.75, 3.05) is 24.6 Å². The summed E-state index contributed by atoms with van der Waals surface area (Å²) in [7, 11) is -1.21. The van der Waals surface area contributed by atoms with Gasteiger partial charge in [0.05, 0.1) is 35.5 Å². The predicted molar refractivity (Wildman–Crippen MR) is 149 cm³/mol. The SMILES string of the molecule is CCS(=O)(=O)Nc1cc2oc(C(=O)OC)c(C(=O)NC)c2cc1-c1ccc2c(n1)-c1cc3c(F)cccc3n1CO2. The van der Waals surface area contributed by atoms with Crippen molar-refractivity contribution >= 4 is 49.5 Å². The smallest absolute Gasteiger partial charge is 0.374 e. The highest BCUT2D eigenvalue weighted by Gasteiger charge is 2.29. The van der Waals surface area contributed by atoms with E-state index >= 15 is 0 Å². The van der Waals surface area contributed by atoms with Crippen LogP contribution in [0.15, 0.2) is 52.9 Å². The van der Waals surface area contributed by atoms with Crippen molar-refractivity contribution in [3.8, 4) is 28.4 Å². The van der Waals surface area contributed by atoms with Crippen LogP contribution in [0.2, 0.25) is 0 Å². The zero-order valence-corrected chi connectivity index (χ0v) is 22.9. The van der Waals surface area contributed by atoms with Crippen molar-refractivity contribution in [3.63, 3.8) is 0 Å². The van der Waals surface area contributed by atoms with Gasteiger partial charge in [0.1, 0.15) is 28.4 Å². The normalized spacial score (nSPS) is 12.5. The standard InChI is InChI=1S/C28H23FN4O7S/c1-4-41(36,37)32-19-12-23-16(24(27(34)30-2)26(40-23)28(35)38-3)10-15(19)18-8-9-22-25(31-18)21-11-14-17(29)6-5-7-20(14)33(21)13-39-22/h5-12,32H,4,13H2,1-3H3,(H,30,34). The minimum Gasteiger partial charge on any atom is -0.470 e. The Bertz CT molecular complexity index is 2010. The Morgan fingerprint density at radius 1 is 1.15 bits per heavy atom. The molecule has 13 heteroatoms. The third-order valence-corrected chi connectivity index (χ3v) is 8.21. The summed E-state index contributed by atoms with van der Waals surface area (Å²) in [6, 6.07) is 12.7. The second kappa shape index (κ2) is 9.63. The van der Waals surface area contributed by atoms with Gasteiger partial charge in [0.2, 0.25) is 15.8 Å². The molecule has 11 nitrogen and oxygen atoms in total. The Morgan fingerprint density at radius 2 is 1.95 bits per heavy atom. The van der Waals surface area contributed by atoms with E-state index in [9.17, 15) is 22.4 Å². The van der Waals surface area contributed by atoms with Crippen LogP contribution < -0.4 is 14.8 Å². The molecule has 210 valence electrons. The maximum Gasteiger partial charge on any atom is 0.374 e. The number of nitrogens with zero attached hydrogens (tertiary/aromatic N) is 2. The van der Waals surface area contributed by atoms with Crippen LogP contribution in [0.3, 0.4) is 0 Å². The lowest BCUT2D eigenvalue weighted by Gasteiger charge is -2.21. The van der Waals surface area contributed by atoms with Gasteiger partial charge >= 0.3 is 5.97 Å². The summed E-state index contributed by atoms with van der Waals surface area (Å²) in [5.74, 6) is -1.94. The lowest BCUT2D eigenvalue weighted by atomic mass is 10.0. The van der Waals surface area contributed by atoms with Gasteiger partial charge in [0, 0.05) is 29.4 Å². The molecule has 1 amide bonds. The first-order valence-corrected chi connectivity index (χ1v) is 14.1. The second-order valence-corrected chi connectivity index (χ2v) is 11.2. The van der Waals surface area contributed by atoms with Gasteiger partial charge in [-0.3, -0.25) is 9.52 Å². The molecule has 0 atom stereocenters. The minimum absolute atomic E-state index is 0.0719. The molecule has 0 saturated carbocycles. The van der Waals surface area contributed by atoms with Crippen molar-refractivity contribution in [3.05, 3.63) is 65.7 Å². The van der Waals surface area contributed by atoms with E-state index in [1.54, 1.807) is 34.9 Å². The number of sulfonamides is 1. The number of ether oxygens (including phenoxy) is 2. The molecule has 6 rings (SSSR count). The van der Waals surface area contributed by atoms with Gasteiger partial charge < -0.3 is 23.8 Å². The Kier molecular flexibility index (Phi) is 6.18. The summed E-state index contributed by atoms with van der Waals surface area (Å²) in [5.41, 5.74) is 2.43. The Morgan fingerprint density at radius 3 is 2.68 bits per heavy atom. The first kappa shape index (κ1) is 26.3. The lowest BCUT2D eigenvalue weighted by Crippen LogP contribution is -2.20. The number of hydrogen-bond acceptors (Lipinski definition) is 8. The van der Waals surface area contributed by atoms with Gasteiger partial charge in [-0.2, -0.15) is 0 Å². The van der Waals surface area contributed by atoms with Crippen molar-refractivity contribution in [2.45, 2.75) is 13.7 Å². The summed E-state index contributed by atoms with van der Waals surface area (Å²) in [6.07, 6.45) is 0. The van der Waals surface area contributed by atoms with Crippen LogP contribution in [0.4, 0.5) is 10.1 Å². The Balaban J connectivity index is 1.61. The number of aromatic nitrogens is 2. The summed E-state index contributed by atoms with van der Waals surface area (Å²) >= 11 is 0. The largest absolute Gasteiger partial charge is 0.470 e. The topological polar surface area (TPSA) is 142 Å². The number of carbonyl (C=O) groups excluding carboxylic acids is 2. The van der Waals surface area contributed by atoms with Crippen LogP contribution >= 0.6 is 0 Å². The fraction of sp³-hybridized carbons (Fsp3) is 0.179. The lowest BCUT2D eigenvalue weighted by molar-refractivity contribution is 0.0563. The summed E-state index contributed by atoms with van der Waals surface area (Å²) < 4.78 is 60.6. The maximum atomic E-state index is 14.6. The first-order chi connectivity index (χ1) is 19.7. The zero-order valence-electron chi connectivity index (χ0n) is 22.1. The number of hydrogen-bond donors (Lipinski definition) is 2. The molecule has 0 fully saturated rings. The van der Waals surface area contributed by atoms with Gasteiger partial charge in [0.25, 0.3) is 5.91 Å². The highest BCUT2D eigenvalue weighted by molar-refractivity contribution is 7.92. The fourth-order valence-corrected chi connectivity index (χ4v) is 5.53. The number of nitrogens with one attached hydrogen (secondary N) is 2. The van der Waals surface area contributed by atoms with E-state index in [1.165, 1.54) is 32.2 Å². The van der Waals surface area contributed by atoms with E-state index in [0.717, 1.165) is 7.11 Å². The quantitative estimate of drug-likeness (QED) is 0.280. The summed E-state index contributed by atoms with van der Waals surface area (Å²) in [4.78, 5) is 30.1. The van der Waals surface area contributed by atoms with E-state index in [1.807, 2.05) is 0 Å². The average Bonchev–Trinajstić information content (AvgIpc) is 3.55. The molecule has 4 heterocycles.